The molecule has 0 aromatic heterocycles. The molecular formula is C22H42FN5. The average molecular weight is 396 g/mol. The first-order valence-electron chi connectivity index (χ1n) is 11.7. The summed E-state index contributed by atoms with van der Waals surface area (Å²) in [5.41, 5.74) is 6.12. The fourth-order valence-electron chi connectivity index (χ4n) is 5.43. The lowest BCUT2D eigenvalue weighted by atomic mass is 9.78. The molecule has 3 aliphatic rings. The number of hydrogen-bond acceptors (Lipinski definition) is 3. The number of hydrogen-bond donors (Lipinski definition) is 2. The number of guanidine groups is 1. The summed E-state index contributed by atoms with van der Waals surface area (Å²) in [7, 11) is 0. The quantitative estimate of drug-likeness (QED) is 0.554. The maximum absolute atomic E-state index is 14.2. The van der Waals surface area contributed by atoms with Crippen molar-refractivity contribution in [2.45, 2.75) is 83.5 Å². The fraction of sp³-hybridized carbons (Fsp3) is 0.955. The first kappa shape index (κ1) is 21.8. The summed E-state index contributed by atoms with van der Waals surface area (Å²) in [6.45, 7) is 10.3. The second kappa shape index (κ2) is 10.2. The van der Waals surface area contributed by atoms with Gasteiger partial charge in [0.1, 0.15) is 6.17 Å². The molecule has 0 spiro atoms. The van der Waals surface area contributed by atoms with Crippen LogP contribution in [0.25, 0.3) is 0 Å². The molecule has 1 aliphatic heterocycles. The zero-order valence-corrected chi connectivity index (χ0v) is 18.1. The standard InChI is InChI=1S/C22H42FN5/c1-3-26-11-13-27(14-12-26)22(25)28(21-6-4-5-20(23)15-21)16-18-7-9-19(10-8-18)17(2)24/h17-21,25H,3-16,24H2,1-2H3. The van der Waals surface area contributed by atoms with Gasteiger partial charge in [0, 0.05) is 44.8 Å². The molecule has 1 saturated heterocycles. The molecule has 3 rings (SSSR count). The number of piperazine rings is 1. The van der Waals surface area contributed by atoms with E-state index in [-0.39, 0.29) is 12.1 Å². The lowest BCUT2D eigenvalue weighted by Crippen LogP contribution is -2.56. The van der Waals surface area contributed by atoms with Crippen LogP contribution in [0, 0.1) is 17.2 Å². The minimum absolute atomic E-state index is 0.201. The highest BCUT2D eigenvalue weighted by Crippen LogP contribution is 2.33. The Hall–Kier alpha value is -0.880. The Morgan fingerprint density at radius 3 is 2.36 bits per heavy atom. The summed E-state index contributed by atoms with van der Waals surface area (Å²) < 4.78 is 14.2. The molecule has 5 nitrogen and oxygen atoms in total. The van der Waals surface area contributed by atoms with E-state index in [9.17, 15) is 4.39 Å². The Labute approximate surface area is 171 Å². The topological polar surface area (TPSA) is 59.6 Å². The maximum Gasteiger partial charge on any atom is 0.194 e. The van der Waals surface area contributed by atoms with Crippen LogP contribution in [0.3, 0.4) is 0 Å². The molecule has 162 valence electrons. The zero-order valence-electron chi connectivity index (χ0n) is 18.1. The summed E-state index contributed by atoms with van der Waals surface area (Å²) in [6, 6.07) is 0.488. The van der Waals surface area contributed by atoms with Crippen LogP contribution in [-0.4, -0.2) is 78.2 Å². The van der Waals surface area contributed by atoms with Crippen LogP contribution < -0.4 is 5.73 Å². The van der Waals surface area contributed by atoms with Crippen molar-refractivity contribution in [3.8, 4) is 0 Å². The Morgan fingerprint density at radius 2 is 1.79 bits per heavy atom. The third-order valence-electron chi connectivity index (χ3n) is 7.50. The Morgan fingerprint density at radius 1 is 1.11 bits per heavy atom. The van der Waals surface area contributed by atoms with Gasteiger partial charge >= 0.3 is 0 Å². The third kappa shape index (κ3) is 5.59. The van der Waals surface area contributed by atoms with Crippen LogP contribution in [0.15, 0.2) is 0 Å². The van der Waals surface area contributed by atoms with Crippen molar-refractivity contribution < 1.29 is 4.39 Å². The van der Waals surface area contributed by atoms with Gasteiger partial charge in [0.15, 0.2) is 5.96 Å². The van der Waals surface area contributed by atoms with Crippen molar-refractivity contribution in [1.29, 1.82) is 5.41 Å². The van der Waals surface area contributed by atoms with Crippen molar-refractivity contribution in [3.63, 3.8) is 0 Å². The second-order valence-electron chi connectivity index (χ2n) is 9.45. The highest BCUT2D eigenvalue weighted by Gasteiger charge is 2.34. The number of nitrogens with zero attached hydrogens (tertiary/aromatic N) is 3. The summed E-state index contributed by atoms with van der Waals surface area (Å²) in [5.74, 6) is 1.92. The molecule has 3 atom stereocenters. The number of nitrogens with two attached hydrogens (primary N) is 1. The molecule has 6 heteroatoms. The van der Waals surface area contributed by atoms with E-state index in [2.05, 4.69) is 28.5 Å². The predicted molar refractivity (Wildman–Crippen MR) is 114 cm³/mol. The number of nitrogens with one attached hydrogen (secondary N) is 1. The third-order valence-corrected chi connectivity index (χ3v) is 7.50. The summed E-state index contributed by atoms with van der Waals surface area (Å²) in [5, 5.41) is 8.98. The highest BCUT2D eigenvalue weighted by molar-refractivity contribution is 5.77. The van der Waals surface area contributed by atoms with Gasteiger partial charge < -0.3 is 20.4 Å². The van der Waals surface area contributed by atoms with Crippen molar-refractivity contribution in [2.75, 3.05) is 39.3 Å². The molecule has 0 radical (unpaired) electrons. The van der Waals surface area contributed by atoms with E-state index in [0.29, 0.717) is 30.6 Å². The zero-order chi connectivity index (χ0) is 20.1. The maximum atomic E-state index is 14.2. The van der Waals surface area contributed by atoms with Crippen LogP contribution >= 0.6 is 0 Å². The average Bonchev–Trinajstić information content (AvgIpc) is 2.72. The van der Waals surface area contributed by atoms with Crippen LogP contribution in [0.4, 0.5) is 4.39 Å². The molecule has 2 aliphatic carbocycles. The lowest BCUT2D eigenvalue weighted by molar-refractivity contribution is 0.110. The fourth-order valence-corrected chi connectivity index (χ4v) is 5.43. The number of alkyl halides is 1. The van der Waals surface area contributed by atoms with E-state index in [1.807, 2.05) is 0 Å². The summed E-state index contributed by atoms with van der Waals surface area (Å²) >= 11 is 0. The van der Waals surface area contributed by atoms with Crippen molar-refractivity contribution >= 4 is 5.96 Å². The van der Waals surface area contributed by atoms with Crippen molar-refractivity contribution in [3.05, 3.63) is 0 Å². The van der Waals surface area contributed by atoms with Crippen LogP contribution in [0.5, 0.6) is 0 Å². The molecular weight excluding hydrogens is 353 g/mol. The predicted octanol–water partition coefficient (Wildman–Crippen LogP) is 3.29. The molecule has 3 unspecified atom stereocenters. The summed E-state index contributed by atoms with van der Waals surface area (Å²) in [6.07, 6.45) is 7.41. The van der Waals surface area contributed by atoms with E-state index < -0.39 is 6.17 Å². The van der Waals surface area contributed by atoms with E-state index in [1.54, 1.807) is 0 Å². The van der Waals surface area contributed by atoms with Crippen molar-refractivity contribution in [1.82, 2.24) is 14.7 Å². The molecule has 28 heavy (non-hydrogen) atoms. The highest BCUT2D eigenvalue weighted by atomic mass is 19.1. The normalized spacial score (nSPS) is 33.5. The molecule has 3 N–H and O–H groups in total. The van der Waals surface area contributed by atoms with Gasteiger partial charge in [-0.05, 0) is 76.7 Å². The van der Waals surface area contributed by atoms with Gasteiger partial charge in [-0.2, -0.15) is 0 Å². The van der Waals surface area contributed by atoms with E-state index in [4.69, 9.17) is 11.1 Å². The lowest BCUT2D eigenvalue weighted by Gasteiger charge is -2.45. The van der Waals surface area contributed by atoms with Gasteiger partial charge in [-0.15, -0.1) is 0 Å². The Bertz CT molecular complexity index is 483. The summed E-state index contributed by atoms with van der Waals surface area (Å²) in [4.78, 5) is 6.98. The second-order valence-corrected chi connectivity index (χ2v) is 9.45. The molecule has 0 amide bonds. The van der Waals surface area contributed by atoms with E-state index in [1.165, 1.54) is 25.7 Å². The molecule has 0 aromatic rings. The molecule has 1 heterocycles. The van der Waals surface area contributed by atoms with E-state index >= 15 is 0 Å². The van der Waals surface area contributed by atoms with Crippen LogP contribution in [0.1, 0.15) is 65.2 Å². The van der Waals surface area contributed by atoms with Gasteiger partial charge in [0.2, 0.25) is 0 Å². The van der Waals surface area contributed by atoms with Gasteiger partial charge in [0.05, 0.1) is 0 Å². The number of likely N-dealkylation sites (N-methyl/N-ethyl adjacent to an activating group) is 1. The molecule has 0 aromatic carbocycles. The Balaban J connectivity index is 1.63. The Kier molecular flexibility index (Phi) is 7.98. The number of rotatable bonds is 5. The molecule has 0 bridgehead atoms. The smallest absolute Gasteiger partial charge is 0.194 e. The monoisotopic (exact) mass is 395 g/mol. The molecule has 2 saturated carbocycles. The van der Waals surface area contributed by atoms with Crippen molar-refractivity contribution in [2.24, 2.45) is 17.6 Å². The van der Waals surface area contributed by atoms with Gasteiger partial charge in [-0.1, -0.05) is 6.92 Å². The molecule has 3 fully saturated rings. The van der Waals surface area contributed by atoms with Gasteiger partial charge in [0.25, 0.3) is 0 Å². The first-order chi connectivity index (χ1) is 13.5. The van der Waals surface area contributed by atoms with Gasteiger partial charge in [-0.3, -0.25) is 5.41 Å². The van der Waals surface area contributed by atoms with Gasteiger partial charge in [-0.25, -0.2) is 4.39 Å². The number of halogens is 1. The van der Waals surface area contributed by atoms with E-state index in [0.717, 1.165) is 52.1 Å². The minimum atomic E-state index is -0.695. The largest absolute Gasteiger partial charge is 0.340 e. The minimum Gasteiger partial charge on any atom is -0.340 e. The van der Waals surface area contributed by atoms with Crippen LogP contribution in [0.2, 0.25) is 0 Å². The first-order valence-corrected chi connectivity index (χ1v) is 11.7. The SMILES string of the molecule is CCN1CCN(C(=N)N(CC2CCC(C(C)N)CC2)C2CCCC(F)C2)CC1. The van der Waals surface area contributed by atoms with Crippen LogP contribution in [-0.2, 0) is 0 Å².